The van der Waals surface area contributed by atoms with Gasteiger partial charge in [0.25, 0.3) is 0 Å². The van der Waals surface area contributed by atoms with Crippen LogP contribution in [0.1, 0.15) is 73.7 Å². The maximum absolute atomic E-state index is 12.7. The van der Waals surface area contributed by atoms with Crippen molar-refractivity contribution in [2.45, 2.75) is 77.9 Å². The van der Waals surface area contributed by atoms with Crippen molar-refractivity contribution < 1.29 is 14.3 Å². The molecule has 2 aliphatic rings. The average molecular weight is 379 g/mol. The van der Waals surface area contributed by atoms with E-state index in [0.29, 0.717) is 23.2 Å². The molecule has 1 amide bonds. The summed E-state index contributed by atoms with van der Waals surface area (Å²) in [5, 5.41) is 3.70. The van der Waals surface area contributed by atoms with Gasteiger partial charge in [0, 0.05) is 10.9 Å². The zero-order chi connectivity index (χ0) is 18.7. The standard InChI is InChI=1S/C20H30N2O3S/c1-13(2)25-20(24)18-15-9-4-5-10-16(15)26-19(18)21-17(23)12-22-11-7-6-8-14(22)3/h13-14H,4-12H2,1-3H3,(H,21,23). The molecule has 1 saturated heterocycles. The largest absolute Gasteiger partial charge is 0.459 e. The van der Waals surface area contributed by atoms with Crippen molar-refractivity contribution in [1.82, 2.24) is 4.90 Å². The smallest absolute Gasteiger partial charge is 0.341 e. The second-order valence-corrected chi connectivity index (χ2v) is 8.84. The third kappa shape index (κ3) is 4.46. The molecule has 144 valence electrons. The highest BCUT2D eigenvalue weighted by Crippen LogP contribution is 2.38. The van der Waals surface area contributed by atoms with E-state index in [1.165, 1.54) is 11.3 Å². The van der Waals surface area contributed by atoms with Crippen molar-refractivity contribution in [2.24, 2.45) is 0 Å². The first-order chi connectivity index (χ1) is 12.5. The molecule has 1 atom stereocenters. The molecular weight excluding hydrogens is 348 g/mol. The van der Waals surface area contributed by atoms with Gasteiger partial charge in [-0.1, -0.05) is 6.42 Å². The van der Waals surface area contributed by atoms with Crippen LogP contribution in [0.2, 0.25) is 0 Å². The highest BCUT2D eigenvalue weighted by atomic mass is 32.1. The van der Waals surface area contributed by atoms with E-state index in [0.717, 1.165) is 50.6 Å². The van der Waals surface area contributed by atoms with E-state index < -0.39 is 0 Å². The number of likely N-dealkylation sites (tertiary alicyclic amines) is 1. The minimum absolute atomic E-state index is 0.0315. The second-order valence-electron chi connectivity index (χ2n) is 7.73. The molecular formula is C20H30N2O3S. The highest BCUT2D eigenvalue weighted by molar-refractivity contribution is 7.17. The minimum Gasteiger partial charge on any atom is -0.459 e. The minimum atomic E-state index is -0.305. The summed E-state index contributed by atoms with van der Waals surface area (Å²) < 4.78 is 5.46. The van der Waals surface area contributed by atoms with Crippen LogP contribution in [0.3, 0.4) is 0 Å². The molecule has 1 fully saturated rings. The molecule has 6 heteroatoms. The fraction of sp³-hybridized carbons (Fsp3) is 0.700. The number of nitrogens with one attached hydrogen (secondary N) is 1. The number of carbonyl (C=O) groups is 2. The van der Waals surface area contributed by atoms with Crippen molar-refractivity contribution in [3.63, 3.8) is 0 Å². The number of amides is 1. The summed E-state index contributed by atoms with van der Waals surface area (Å²) in [4.78, 5) is 28.8. The number of hydrogen-bond acceptors (Lipinski definition) is 5. The van der Waals surface area contributed by atoms with Gasteiger partial charge in [-0.3, -0.25) is 9.69 Å². The summed E-state index contributed by atoms with van der Waals surface area (Å²) in [5.74, 6) is -0.336. The van der Waals surface area contributed by atoms with Crippen LogP contribution in [0.4, 0.5) is 5.00 Å². The Hall–Kier alpha value is -1.40. The van der Waals surface area contributed by atoms with Crippen LogP contribution in [-0.4, -0.2) is 42.0 Å². The number of ether oxygens (including phenoxy) is 1. The van der Waals surface area contributed by atoms with Crippen LogP contribution >= 0.6 is 11.3 Å². The van der Waals surface area contributed by atoms with Gasteiger partial charge in [-0.2, -0.15) is 0 Å². The molecule has 1 aromatic heterocycles. The van der Waals surface area contributed by atoms with E-state index >= 15 is 0 Å². The predicted octanol–water partition coefficient (Wildman–Crippen LogP) is 4.01. The first-order valence-corrected chi connectivity index (χ1v) is 10.7. The summed E-state index contributed by atoms with van der Waals surface area (Å²) in [7, 11) is 0. The molecule has 1 aromatic rings. The summed E-state index contributed by atoms with van der Waals surface area (Å²) >= 11 is 1.56. The SMILES string of the molecule is CC(C)OC(=O)c1c(NC(=O)CN2CCCCC2C)sc2c1CCCC2. The van der Waals surface area contributed by atoms with Crippen LogP contribution in [0, 0.1) is 0 Å². The first-order valence-electron chi connectivity index (χ1n) is 9.85. The molecule has 0 saturated carbocycles. The molecule has 0 aromatic carbocycles. The summed E-state index contributed by atoms with van der Waals surface area (Å²) in [6.45, 7) is 7.25. The zero-order valence-electron chi connectivity index (χ0n) is 16.1. The van der Waals surface area contributed by atoms with Gasteiger partial charge in [0.15, 0.2) is 0 Å². The Kier molecular flexibility index (Phi) is 6.35. The van der Waals surface area contributed by atoms with Crippen LogP contribution in [0.15, 0.2) is 0 Å². The van der Waals surface area contributed by atoms with Crippen LogP contribution < -0.4 is 5.32 Å². The van der Waals surface area contributed by atoms with Crippen molar-refractivity contribution in [3.05, 3.63) is 16.0 Å². The number of carbonyl (C=O) groups excluding carboxylic acids is 2. The normalized spacial score (nSPS) is 20.7. The Morgan fingerprint density at radius 2 is 2.00 bits per heavy atom. The Morgan fingerprint density at radius 3 is 2.73 bits per heavy atom. The van der Waals surface area contributed by atoms with Gasteiger partial charge in [0.1, 0.15) is 5.00 Å². The molecule has 3 rings (SSSR count). The number of anilines is 1. The molecule has 2 heterocycles. The summed E-state index contributed by atoms with van der Waals surface area (Å²) in [6, 6.07) is 0.441. The van der Waals surface area contributed by atoms with Gasteiger partial charge in [-0.25, -0.2) is 4.79 Å². The molecule has 26 heavy (non-hydrogen) atoms. The van der Waals surface area contributed by atoms with Gasteiger partial charge in [0.2, 0.25) is 5.91 Å². The van der Waals surface area contributed by atoms with Crippen LogP contribution in [-0.2, 0) is 22.4 Å². The maximum Gasteiger partial charge on any atom is 0.341 e. The number of rotatable bonds is 5. The maximum atomic E-state index is 12.7. The number of aryl methyl sites for hydroxylation is 1. The lowest BCUT2D eigenvalue weighted by Gasteiger charge is -2.32. The van der Waals surface area contributed by atoms with Gasteiger partial charge < -0.3 is 10.1 Å². The predicted molar refractivity (Wildman–Crippen MR) is 105 cm³/mol. The quantitative estimate of drug-likeness (QED) is 0.787. The van der Waals surface area contributed by atoms with E-state index in [9.17, 15) is 9.59 Å². The van der Waals surface area contributed by atoms with Gasteiger partial charge in [-0.15, -0.1) is 11.3 Å². The lowest BCUT2D eigenvalue weighted by Crippen LogP contribution is -2.42. The molecule has 1 N–H and O–H groups in total. The number of piperidine rings is 1. The Labute approximate surface area is 160 Å². The average Bonchev–Trinajstić information content (AvgIpc) is 2.94. The van der Waals surface area contributed by atoms with Crippen molar-refractivity contribution >= 4 is 28.2 Å². The number of fused-ring (bicyclic) bond motifs is 1. The van der Waals surface area contributed by atoms with Gasteiger partial charge in [-0.05, 0) is 71.4 Å². The Bertz CT molecular complexity index is 668. The van der Waals surface area contributed by atoms with E-state index in [1.54, 1.807) is 11.3 Å². The second kappa shape index (κ2) is 8.53. The molecule has 1 unspecified atom stereocenters. The Balaban J connectivity index is 1.76. The molecule has 1 aliphatic carbocycles. The summed E-state index contributed by atoms with van der Waals surface area (Å²) in [5.41, 5.74) is 1.69. The van der Waals surface area contributed by atoms with Crippen molar-refractivity contribution in [1.29, 1.82) is 0 Å². The van der Waals surface area contributed by atoms with E-state index in [2.05, 4.69) is 17.1 Å². The lowest BCUT2D eigenvalue weighted by atomic mass is 9.95. The number of nitrogens with zero attached hydrogens (tertiary/aromatic N) is 1. The van der Waals surface area contributed by atoms with E-state index in [1.807, 2.05) is 13.8 Å². The third-order valence-electron chi connectivity index (χ3n) is 5.26. The fourth-order valence-electron chi connectivity index (χ4n) is 3.89. The Morgan fingerprint density at radius 1 is 1.23 bits per heavy atom. The number of thiophene rings is 1. The topological polar surface area (TPSA) is 58.6 Å². The van der Waals surface area contributed by atoms with E-state index in [4.69, 9.17) is 4.74 Å². The third-order valence-corrected chi connectivity index (χ3v) is 6.47. The molecule has 0 spiro atoms. The molecule has 0 radical (unpaired) electrons. The highest BCUT2D eigenvalue weighted by Gasteiger charge is 2.28. The molecule has 0 bridgehead atoms. The molecule has 5 nitrogen and oxygen atoms in total. The monoisotopic (exact) mass is 378 g/mol. The fourth-order valence-corrected chi connectivity index (χ4v) is 5.18. The number of esters is 1. The van der Waals surface area contributed by atoms with Crippen LogP contribution in [0.5, 0.6) is 0 Å². The zero-order valence-corrected chi connectivity index (χ0v) is 16.9. The van der Waals surface area contributed by atoms with Crippen molar-refractivity contribution in [2.75, 3.05) is 18.4 Å². The number of hydrogen-bond donors (Lipinski definition) is 1. The van der Waals surface area contributed by atoms with Gasteiger partial charge in [0.05, 0.1) is 18.2 Å². The lowest BCUT2D eigenvalue weighted by molar-refractivity contribution is -0.118. The van der Waals surface area contributed by atoms with Crippen LogP contribution in [0.25, 0.3) is 0 Å². The summed E-state index contributed by atoms with van der Waals surface area (Å²) in [6.07, 6.45) is 7.48. The van der Waals surface area contributed by atoms with Crippen molar-refractivity contribution in [3.8, 4) is 0 Å². The van der Waals surface area contributed by atoms with E-state index in [-0.39, 0.29) is 18.0 Å². The first kappa shape index (κ1) is 19.4. The molecule has 1 aliphatic heterocycles. The van der Waals surface area contributed by atoms with Gasteiger partial charge >= 0.3 is 5.97 Å².